The SMILES string of the molecule is O=C1CO[C@@H]([C@H](Oc2ccccc2Cl)c2ccccc2)CN1. The van der Waals surface area contributed by atoms with Crippen LogP contribution < -0.4 is 10.1 Å². The average molecular weight is 318 g/mol. The number of benzene rings is 2. The second-order valence-electron chi connectivity index (χ2n) is 5.03. The van der Waals surface area contributed by atoms with Crippen molar-refractivity contribution in [3.63, 3.8) is 0 Å². The third kappa shape index (κ3) is 3.40. The maximum Gasteiger partial charge on any atom is 0.246 e. The highest BCUT2D eigenvalue weighted by Gasteiger charge is 2.30. The summed E-state index contributed by atoms with van der Waals surface area (Å²) in [5, 5.41) is 3.35. The molecule has 0 unspecified atom stereocenters. The van der Waals surface area contributed by atoms with E-state index in [4.69, 9.17) is 21.1 Å². The summed E-state index contributed by atoms with van der Waals surface area (Å²) in [5.41, 5.74) is 0.976. The molecule has 0 aromatic heterocycles. The smallest absolute Gasteiger partial charge is 0.246 e. The van der Waals surface area contributed by atoms with Gasteiger partial charge in [-0.1, -0.05) is 54.1 Å². The second kappa shape index (κ2) is 6.81. The molecule has 0 radical (unpaired) electrons. The van der Waals surface area contributed by atoms with Crippen LogP contribution in [0.15, 0.2) is 54.6 Å². The fourth-order valence-electron chi connectivity index (χ4n) is 2.38. The first-order valence-corrected chi connectivity index (χ1v) is 7.46. The highest BCUT2D eigenvalue weighted by Crippen LogP contribution is 2.31. The molecule has 22 heavy (non-hydrogen) atoms. The molecule has 5 heteroatoms. The fourth-order valence-corrected chi connectivity index (χ4v) is 2.56. The van der Waals surface area contributed by atoms with Gasteiger partial charge in [0.2, 0.25) is 5.91 Å². The Morgan fingerprint density at radius 3 is 2.55 bits per heavy atom. The van der Waals surface area contributed by atoms with E-state index in [2.05, 4.69) is 5.32 Å². The van der Waals surface area contributed by atoms with Crippen LogP contribution in [0, 0.1) is 0 Å². The van der Waals surface area contributed by atoms with E-state index in [1.807, 2.05) is 48.5 Å². The first-order valence-electron chi connectivity index (χ1n) is 7.08. The third-order valence-corrected chi connectivity index (χ3v) is 3.80. The van der Waals surface area contributed by atoms with Gasteiger partial charge in [0.25, 0.3) is 0 Å². The van der Waals surface area contributed by atoms with Gasteiger partial charge in [-0.2, -0.15) is 0 Å². The first-order chi connectivity index (χ1) is 10.7. The van der Waals surface area contributed by atoms with E-state index in [-0.39, 0.29) is 24.7 Å². The number of hydrogen-bond acceptors (Lipinski definition) is 3. The van der Waals surface area contributed by atoms with Crippen molar-refractivity contribution in [2.24, 2.45) is 0 Å². The number of ether oxygens (including phenoxy) is 2. The van der Waals surface area contributed by atoms with Crippen LogP contribution >= 0.6 is 11.6 Å². The predicted octanol–water partition coefficient (Wildman–Crippen LogP) is 2.98. The van der Waals surface area contributed by atoms with Crippen molar-refractivity contribution in [3.8, 4) is 5.75 Å². The maximum atomic E-state index is 11.3. The minimum atomic E-state index is -0.346. The summed E-state index contributed by atoms with van der Waals surface area (Å²) < 4.78 is 11.7. The van der Waals surface area contributed by atoms with E-state index in [0.717, 1.165) is 5.56 Å². The number of hydrogen-bond donors (Lipinski definition) is 1. The zero-order chi connectivity index (χ0) is 15.4. The van der Waals surface area contributed by atoms with Crippen molar-refractivity contribution in [1.82, 2.24) is 5.32 Å². The van der Waals surface area contributed by atoms with Gasteiger partial charge < -0.3 is 14.8 Å². The Morgan fingerprint density at radius 2 is 1.86 bits per heavy atom. The van der Waals surface area contributed by atoms with Gasteiger partial charge in [0.15, 0.2) is 6.10 Å². The van der Waals surface area contributed by atoms with Crippen molar-refractivity contribution in [3.05, 3.63) is 65.2 Å². The second-order valence-corrected chi connectivity index (χ2v) is 5.44. The van der Waals surface area contributed by atoms with Gasteiger partial charge in [-0.3, -0.25) is 4.79 Å². The number of halogens is 1. The lowest BCUT2D eigenvalue weighted by Crippen LogP contribution is -2.46. The molecule has 114 valence electrons. The van der Waals surface area contributed by atoms with E-state index in [9.17, 15) is 4.79 Å². The Morgan fingerprint density at radius 1 is 1.14 bits per heavy atom. The summed E-state index contributed by atoms with van der Waals surface area (Å²) in [5.74, 6) is 0.485. The fraction of sp³-hybridized carbons (Fsp3) is 0.235. The lowest BCUT2D eigenvalue weighted by molar-refractivity contribution is -0.137. The molecule has 3 rings (SSSR count). The topological polar surface area (TPSA) is 47.6 Å². The number of nitrogens with one attached hydrogen (secondary N) is 1. The number of amides is 1. The molecule has 4 nitrogen and oxygen atoms in total. The Kier molecular flexibility index (Phi) is 4.61. The quantitative estimate of drug-likeness (QED) is 0.943. The van der Waals surface area contributed by atoms with E-state index < -0.39 is 0 Å². The van der Waals surface area contributed by atoms with Gasteiger partial charge in [-0.05, 0) is 17.7 Å². The summed E-state index contributed by atoms with van der Waals surface area (Å²) in [6, 6.07) is 17.1. The van der Waals surface area contributed by atoms with Crippen LogP contribution in [0.5, 0.6) is 5.75 Å². The molecule has 1 heterocycles. The molecule has 1 aliphatic rings. The van der Waals surface area contributed by atoms with Crippen LogP contribution in [0.2, 0.25) is 5.02 Å². The zero-order valence-electron chi connectivity index (χ0n) is 11.9. The molecular formula is C17H16ClNO3. The van der Waals surface area contributed by atoms with Gasteiger partial charge in [-0.15, -0.1) is 0 Å². The zero-order valence-corrected chi connectivity index (χ0v) is 12.6. The molecule has 0 saturated carbocycles. The van der Waals surface area contributed by atoms with Crippen molar-refractivity contribution in [2.45, 2.75) is 12.2 Å². The van der Waals surface area contributed by atoms with E-state index in [0.29, 0.717) is 17.3 Å². The molecule has 2 aromatic carbocycles. The van der Waals surface area contributed by atoms with Crippen LogP contribution in [0.4, 0.5) is 0 Å². The van der Waals surface area contributed by atoms with Crippen molar-refractivity contribution < 1.29 is 14.3 Å². The van der Waals surface area contributed by atoms with Crippen LogP contribution in [0.1, 0.15) is 11.7 Å². The Labute approximate surface area is 134 Å². The lowest BCUT2D eigenvalue weighted by Gasteiger charge is -2.31. The summed E-state index contributed by atoms with van der Waals surface area (Å²) in [6.07, 6.45) is -0.613. The average Bonchev–Trinajstić information content (AvgIpc) is 2.56. The summed E-state index contributed by atoms with van der Waals surface area (Å²) in [6.45, 7) is 0.447. The Balaban J connectivity index is 1.86. The van der Waals surface area contributed by atoms with Crippen molar-refractivity contribution in [2.75, 3.05) is 13.2 Å². The molecule has 0 spiro atoms. The van der Waals surface area contributed by atoms with Crippen LogP contribution in [-0.2, 0) is 9.53 Å². The van der Waals surface area contributed by atoms with Gasteiger partial charge in [0.05, 0.1) is 5.02 Å². The molecule has 1 saturated heterocycles. The Hall–Kier alpha value is -2.04. The predicted molar refractivity (Wildman–Crippen MR) is 84.0 cm³/mol. The minimum absolute atomic E-state index is 0.0415. The van der Waals surface area contributed by atoms with Crippen molar-refractivity contribution in [1.29, 1.82) is 0 Å². The lowest BCUT2D eigenvalue weighted by atomic mass is 10.0. The molecule has 2 atom stereocenters. The third-order valence-electron chi connectivity index (χ3n) is 3.49. The Bertz CT molecular complexity index is 637. The molecule has 1 fully saturated rings. The van der Waals surface area contributed by atoms with Crippen LogP contribution in [0.25, 0.3) is 0 Å². The van der Waals surface area contributed by atoms with Crippen LogP contribution in [-0.4, -0.2) is 25.2 Å². The summed E-state index contributed by atoms with van der Waals surface area (Å²) >= 11 is 6.18. The van der Waals surface area contributed by atoms with Crippen molar-refractivity contribution >= 4 is 17.5 Å². The molecule has 1 aliphatic heterocycles. The van der Waals surface area contributed by atoms with Crippen LogP contribution in [0.3, 0.4) is 0 Å². The molecular weight excluding hydrogens is 302 g/mol. The standard InChI is InChI=1S/C17H16ClNO3/c18-13-8-4-5-9-14(13)22-17(12-6-2-1-3-7-12)15-10-19-16(20)11-21-15/h1-9,15,17H,10-11H2,(H,19,20)/t15-,17-/m1/s1. The highest BCUT2D eigenvalue weighted by molar-refractivity contribution is 6.32. The number of carbonyl (C=O) groups excluding carboxylic acids is 1. The number of carbonyl (C=O) groups is 1. The molecule has 0 bridgehead atoms. The largest absolute Gasteiger partial charge is 0.481 e. The summed E-state index contributed by atoms with van der Waals surface area (Å²) in [7, 11) is 0. The molecule has 1 N–H and O–H groups in total. The van der Waals surface area contributed by atoms with Gasteiger partial charge >= 0.3 is 0 Å². The monoisotopic (exact) mass is 317 g/mol. The molecule has 1 amide bonds. The number of morpholine rings is 1. The summed E-state index contributed by atoms with van der Waals surface area (Å²) in [4.78, 5) is 11.3. The minimum Gasteiger partial charge on any atom is -0.481 e. The van der Waals surface area contributed by atoms with E-state index in [1.165, 1.54) is 0 Å². The van der Waals surface area contributed by atoms with Gasteiger partial charge in [-0.25, -0.2) is 0 Å². The number of para-hydroxylation sites is 1. The maximum absolute atomic E-state index is 11.3. The molecule has 2 aromatic rings. The van der Waals surface area contributed by atoms with E-state index >= 15 is 0 Å². The molecule has 0 aliphatic carbocycles. The normalized spacial score (nSPS) is 19.3. The highest BCUT2D eigenvalue weighted by atomic mass is 35.5. The number of rotatable bonds is 4. The van der Waals surface area contributed by atoms with E-state index in [1.54, 1.807) is 6.07 Å². The van der Waals surface area contributed by atoms with Gasteiger partial charge in [0.1, 0.15) is 18.5 Å². The first kappa shape index (κ1) is 14.9. The van der Waals surface area contributed by atoms with Gasteiger partial charge in [0, 0.05) is 6.54 Å².